The van der Waals surface area contributed by atoms with Crippen LogP contribution in [-0.4, -0.2) is 29.1 Å². The Hall–Kier alpha value is -4.32. The van der Waals surface area contributed by atoms with Crippen LogP contribution in [0.2, 0.25) is 0 Å². The minimum Gasteiger partial charge on any atom is -0.351 e. The molecular formula is C22H19N5O4. The minimum absolute atomic E-state index is 0.128. The third kappa shape index (κ3) is 4.64. The molecule has 1 aliphatic heterocycles. The molecule has 0 fully saturated rings. The van der Waals surface area contributed by atoms with E-state index in [0.29, 0.717) is 17.7 Å². The molecule has 0 saturated heterocycles. The number of aliphatic imine (C=N–C) groups is 1. The zero-order valence-electron chi connectivity index (χ0n) is 16.9. The van der Waals surface area contributed by atoms with Gasteiger partial charge in [0.15, 0.2) is 0 Å². The monoisotopic (exact) mass is 417 g/mol. The number of amides is 2. The molecule has 31 heavy (non-hydrogen) atoms. The summed E-state index contributed by atoms with van der Waals surface area (Å²) in [6.45, 7) is 4.29. The lowest BCUT2D eigenvalue weighted by Gasteiger charge is -2.08. The molecule has 2 N–H and O–H groups in total. The average Bonchev–Trinajstić information content (AvgIpc) is 3.11. The summed E-state index contributed by atoms with van der Waals surface area (Å²) >= 11 is 0. The number of fused-ring (bicyclic) bond motifs is 1. The molecule has 0 unspecified atom stereocenters. The number of hydrogen-bond acceptors (Lipinski definition) is 6. The van der Waals surface area contributed by atoms with E-state index in [1.54, 1.807) is 24.3 Å². The Morgan fingerprint density at radius 1 is 1.13 bits per heavy atom. The van der Waals surface area contributed by atoms with Crippen molar-refractivity contribution >= 4 is 29.0 Å². The van der Waals surface area contributed by atoms with E-state index < -0.39 is 16.7 Å². The van der Waals surface area contributed by atoms with Crippen LogP contribution in [-0.2, 0) is 4.79 Å². The summed E-state index contributed by atoms with van der Waals surface area (Å²) in [4.78, 5) is 39.7. The van der Waals surface area contributed by atoms with Gasteiger partial charge in [-0.15, -0.1) is 0 Å². The zero-order chi connectivity index (χ0) is 22.5. The van der Waals surface area contributed by atoms with Crippen LogP contribution in [0.15, 0.2) is 59.1 Å². The number of hydrogen-bond donors (Lipinski definition) is 2. The molecule has 0 aliphatic carbocycles. The predicted octanol–water partition coefficient (Wildman–Crippen LogP) is 2.79. The number of carbonyl (C=O) groups excluding carboxylic acids is 2. The summed E-state index contributed by atoms with van der Waals surface area (Å²) in [6.07, 6.45) is 0. The fourth-order valence-electron chi connectivity index (χ4n) is 2.92. The maximum absolute atomic E-state index is 12.6. The summed E-state index contributed by atoms with van der Waals surface area (Å²) in [5.41, 5.74) is 1.23. The minimum atomic E-state index is -0.552. The van der Waals surface area contributed by atoms with Crippen molar-refractivity contribution in [1.29, 1.82) is 5.26 Å². The van der Waals surface area contributed by atoms with Crippen LogP contribution >= 0.6 is 0 Å². The van der Waals surface area contributed by atoms with Crippen molar-refractivity contribution < 1.29 is 14.5 Å². The van der Waals surface area contributed by atoms with E-state index in [4.69, 9.17) is 0 Å². The highest BCUT2D eigenvalue weighted by Crippen LogP contribution is 2.30. The van der Waals surface area contributed by atoms with Crippen molar-refractivity contribution in [1.82, 2.24) is 10.6 Å². The second-order valence-electron chi connectivity index (χ2n) is 7.20. The standard InChI is InChI=1S/C22H19N5O4/c1-13(2)12-24-22(29)18(11-23)19-16-5-3-4-6-17(16)20(25-19)26-21(28)14-7-9-15(10-8-14)27(30)31/h3-10,13H,12H2,1-2H3,(H,24,29)(H,25,26,28). The Balaban J connectivity index is 1.93. The Morgan fingerprint density at radius 3 is 2.35 bits per heavy atom. The van der Waals surface area contributed by atoms with Gasteiger partial charge in [-0.25, -0.2) is 4.99 Å². The first-order valence-corrected chi connectivity index (χ1v) is 9.48. The molecule has 3 rings (SSSR count). The summed E-state index contributed by atoms with van der Waals surface area (Å²) in [6, 6.07) is 14.0. The van der Waals surface area contributed by atoms with Gasteiger partial charge < -0.3 is 10.6 Å². The van der Waals surface area contributed by atoms with Crippen molar-refractivity contribution in [3.63, 3.8) is 0 Å². The van der Waals surface area contributed by atoms with Gasteiger partial charge in [0.2, 0.25) is 0 Å². The van der Waals surface area contributed by atoms with Crippen LogP contribution in [0.25, 0.3) is 5.70 Å². The number of benzene rings is 2. The average molecular weight is 417 g/mol. The topological polar surface area (TPSA) is 137 Å². The molecule has 1 heterocycles. The lowest BCUT2D eigenvalue weighted by atomic mass is 10.0. The van der Waals surface area contributed by atoms with Crippen LogP contribution in [0, 0.1) is 27.4 Å². The number of carbonyl (C=O) groups is 2. The van der Waals surface area contributed by atoms with E-state index in [1.807, 2.05) is 19.9 Å². The van der Waals surface area contributed by atoms with Crippen molar-refractivity contribution in [3.05, 3.63) is 80.9 Å². The Labute approximate surface area is 178 Å². The van der Waals surface area contributed by atoms with Crippen molar-refractivity contribution in [3.8, 4) is 6.07 Å². The second-order valence-corrected chi connectivity index (χ2v) is 7.20. The van der Waals surface area contributed by atoms with Crippen LogP contribution < -0.4 is 10.6 Å². The Bertz CT molecular complexity index is 1160. The summed E-state index contributed by atoms with van der Waals surface area (Å²) in [5.74, 6) is -0.650. The third-order valence-electron chi connectivity index (χ3n) is 4.48. The molecule has 156 valence electrons. The van der Waals surface area contributed by atoms with Gasteiger partial charge in [0.1, 0.15) is 17.5 Å². The number of rotatable bonds is 5. The fourth-order valence-corrected chi connectivity index (χ4v) is 2.92. The van der Waals surface area contributed by atoms with E-state index in [9.17, 15) is 25.0 Å². The number of non-ortho nitro benzene ring substituents is 1. The van der Waals surface area contributed by atoms with E-state index in [1.165, 1.54) is 24.3 Å². The molecule has 2 aromatic carbocycles. The van der Waals surface area contributed by atoms with Gasteiger partial charge in [-0.05, 0) is 18.1 Å². The van der Waals surface area contributed by atoms with Crippen LogP contribution in [0.1, 0.15) is 35.3 Å². The highest BCUT2D eigenvalue weighted by molar-refractivity contribution is 6.20. The molecule has 1 aliphatic rings. The van der Waals surface area contributed by atoms with Crippen molar-refractivity contribution in [2.45, 2.75) is 13.8 Å². The van der Waals surface area contributed by atoms with Crippen LogP contribution in [0.4, 0.5) is 5.69 Å². The first-order valence-electron chi connectivity index (χ1n) is 9.48. The maximum atomic E-state index is 12.6. The largest absolute Gasteiger partial charge is 0.351 e. The summed E-state index contributed by atoms with van der Waals surface area (Å²) in [7, 11) is 0. The number of amidine groups is 1. The SMILES string of the molecule is CC(C)CNC(=O)C(C#N)=C1N=C(NC(=O)c2ccc([N+](=O)[O-])cc2)c2ccccc21. The van der Waals surface area contributed by atoms with E-state index >= 15 is 0 Å². The van der Waals surface area contributed by atoms with Gasteiger partial charge in [-0.1, -0.05) is 38.1 Å². The molecule has 0 spiro atoms. The van der Waals surface area contributed by atoms with Crippen LogP contribution in [0.5, 0.6) is 0 Å². The van der Waals surface area contributed by atoms with E-state index in [-0.39, 0.29) is 34.3 Å². The van der Waals surface area contributed by atoms with Gasteiger partial charge in [-0.2, -0.15) is 5.26 Å². The van der Waals surface area contributed by atoms with E-state index in [2.05, 4.69) is 15.6 Å². The smallest absolute Gasteiger partial charge is 0.269 e. The quantitative estimate of drug-likeness (QED) is 0.333. The van der Waals surface area contributed by atoms with Gasteiger partial charge in [0.05, 0.1) is 10.6 Å². The predicted molar refractivity (Wildman–Crippen MR) is 114 cm³/mol. The van der Waals surface area contributed by atoms with Gasteiger partial charge >= 0.3 is 0 Å². The maximum Gasteiger partial charge on any atom is 0.269 e. The number of nitriles is 1. The highest BCUT2D eigenvalue weighted by Gasteiger charge is 2.27. The molecule has 0 radical (unpaired) electrons. The molecule has 0 atom stereocenters. The highest BCUT2D eigenvalue weighted by atomic mass is 16.6. The molecule has 2 aromatic rings. The Morgan fingerprint density at radius 2 is 1.77 bits per heavy atom. The molecule has 9 heteroatoms. The Kier molecular flexibility index (Phi) is 6.21. The lowest BCUT2D eigenvalue weighted by molar-refractivity contribution is -0.384. The molecule has 2 amide bonds. The fraction of sp³-hybridized carbons (Fsp3) is 0.182. The van der Waals surface area contributed by atoms with E-state index in [0.717, 1.165) is 0 Å². The summed E-state index contributed by atoms with van der Waals surface area (Å²) < 4.78 is 0. The first kappa shape index (κ1) is 21.4. The second kappa shape index (κ2) is 9.00. The zero-order valence-corrected chi connectivity index (χ0v) is 16.9. The van der Waals surface area contributed by atoms with Gasteiger partial charge in [0.25, 0.3) is 17.5 Å². The van der Waals surface area contributed by atoms with Gasteiger partial charge in [0, 0.05) is 35.4 Å². The number of nitrogens with one attached hydrogen (secondary N) is 2. The number of nitro groups is 1. The summed E-state index contributed by atoms with van der Waals surface area (Å²) in [5, 5.41) is 25.7. The van der Waals surface area contributed by atoms with Crippen molar-refractivity contribution in [2.24, 2.45) is 10.9 Å². The molecule has 0 saturated carbocycles. The van der Waals surface area contributed by atoms with Crippen molar-refractivity contribution in [2.75, 3.05) is 6.54 Å². The lowest BCUT2D eigenvalue weighted by Crippen LogP contribution is -2.30. The van der Waals surface area contributed by atoms with Gasteiger partial charge in [-0.3, -0.25) is 19.7 Å². The molecule has 0 aromatic heterocycles. The molecule has 9 nitrogen and oxygen atoms in total. The molecular weight excluding hydrogens is 398 g/mol. The van der Waals surface area contributed by atoms with Crippen LogP contribution in [0.3, 0.4) is 0 Å². The molecule has 0 bridgehead atoms. The first-order chi connectivity index (χ1) is 14.8. The number of nitrogens with zero attached hydrogens (tertiary/aromatic N) is 3. The normalized spacial score (nSPS) is 13.7. The number of nitro benzene ring substituents is 1. The third-order valence-corrected chi connectivity index (χ3v) is 4.48.